The van der Waals surface area contributed by atoms with Crippen LogP contribution in [0.25, 0.3) is 0 Å². The number of rotatable bonds is 2. The minimum atomic E-state index is -3.77. The van der Waals surface area contributed by atoms with Crippen molar-refractivity contribution in [2.75, 3.05) is 0 Å². The van der Waals surface area contributed by atoms with Gasteiger partial charge in [0.25, 0.3) is 0 Å². The van der Waals surface area contributed by atoms with E-state index in [9.17, 15) is 13.7 Å². The lowest BCUT2D eigenvalue weighted by Crippen LogP contribution is -2.62. The van der Waals surface area contributed by atoms with Crippen LogP contribution in [0.15, 0.2) is 0 Å². The summed E-state index contributed by atoms with van der Waals surface area (Å²) in [6, 6.07) is 0. The van der Waals surface area contributed by atoms with Crippen LogP contribution < -0.4 is 47.3 Å². The van der Waals surface area contributed by atoms with Crippen molar-refractivity contribution in [3.63, 3.8) is 0 Å². The molecule has 0 aromatic rings. The molecule has 46 heavy (non-hydrogen) atoms. The second-order valence-corrected chi connectivity index (χ2v) is 18.4. The molecule has 17 unspecified atom stereocenters. The van der Waals surface area contributed by atoms with E-state index in [1.165, 1.54) is 77.0 Å². The topological polar surface area (TPSA) is 166 Å². The van der Waals surface area contributed by atoms with E-state index in [2.05, 4.69) is 47.3 Å². The van der Waals surface area contributed by atoms with E-state index >= 15 is 0 Å². The highest BCUT2D eigenvalue weighted by Gasteiger charge is 2.57. The van der Waals surface area contributed by atoms with E-state index < -0.39 is 15.3 Å². The van der Waals surface area contributed by atoms with Crippen LogP contribution in [0.1, 0.15) is 96.3 Å². The first kappa shape index (κ1) is 30.9. The summed E-state index contributed by atoms with van der Waals surface area (Å²) < 4.78 is 29.3. The summed E-state index contributed by atoms with van der Waals surface area (Å²) in [7, 11) is -3.77. The molecule has 256 valence electrons. The van der Waals surface area contributed by atoms with Crippen LogP contribution >= 0.6 is 0 Å². The van der Waals surface area contributed by atoms with Gasteiger partial charge in [-0.1, -0.05) is 44.9 Å². The second kappa shape index (κ2) is 12.4. The Morgan fingerprint density at radius 2 is 0.739 bits per heavy atom. The van der Waals surface area contributed by atoms with Gasteiger partial charge in [-0.05, 0) is 92.8 Å². The summed E-state index contributed by atoms with van der Waals surface area (Å²) in [5, 5.41) is 41.4. The van der Waals surface area contributed by atoms with Gasteiger partial charge in [0.05, 0.1) is 54.6 Å². The monoisotopic (exact) mass is 656 g/mol. The fraction of sp³-hybridized carbons (Fsp3) is 0.970. The normalized spacial score (nSPS) is 53.3. The Bertz CT molecular complexity index is 1280. The van der Waals surface area contributed by atoms with Crippen LogP contribution in [0, 0.1) is 58.8 Å². The third-order valence-corrected chi connectivity index (χ3v) is 16.1. The Hall–Kier alpha value is -1.08. The zero-order chi connectivity index (χ0) is 31.0. The van der Waals surface area contributed by atoms with Gasteiger partial charge in [-0.15, -0.1) is 0 Å². The highest BCUT2D eigenvalue weighted by Crippen LogP contribution is 2.46. The van der Waals surface area contributed by atoms with E-state index in [0.717, 1.165) is 12.8 Å². The molecule has 9 rings (SSSR count). The van der Waals surface area contributed by atoms with E-state index in [1.807, 2.05) is 0 Å². The molecule has 9 N–H and O–H groups in total. The lowest BCUT2D eigenvalue weighted by atomic mass is 9.76. The molecule has 4 saturated carbocycles. The summed E-state index contributed by atoms with van der Waals surface area (Å²) >= 11 is 0. The van der Waals surface area contributed by atoms with E-state index in [1.54, 1.807) is 6.19 Å². The smallest absolute Gasteiger partial charge is 0.244 e. The van der Waals surface area contributed by atoms with Gasteiger partial charge in [0.1, 0.15) is 0 Å². The minimum Gasteiger partial charge on any atom is -0.286 e. The van der Waals surface area contributed by atoms with Crippen molar-refractivity contribution >= 4 is 10.0 Å². The summed E-state index contributed by atoms with van der Waals surface area (Å²) in [4.78, 5) is 0. The molecule has 12 nitrogen and oxygen atoms in total. The van der Waals surface area contributed by atoms with Crippen LogP contribution in [0.4, 0.5) is 0 Å². The summed E-state index contributed by atoms with van der Waals surface area (Å²) in [5.74, 6) is 3.52. The quantitative estimate of drug-likeness (QED) is 0.154. The third-order valence-electron chi connectivity index (χ3n) is 14.4. The maximum atomic E-state index is 13.5. The second-order valence-electron chi connectivity index (χ2n) is 16.5. The van der Waals surface area contributed by atoms with Gasteiger partial charge in [-0.3, -0.25) is 42.5 Å². The highest BCUT2D eigenvalue weighted by atomic mass is 32.2. The van der Waals surface area contributed by atoms with Crippen LogP contribution in [0.2, 0.25) is 0 Å². The Morgan fingerprint density at radius 3 is 1.09 bits per heavy atom. The van der Waals surface area contributed by atoms with E-state index in [0.29, 0.717) is 48.1 Å². The van der Waals surface area contributed by atoms with Gasteiger partial charge < -0.3 is 0 Å². The molecule has 13 heteroatoms. The number of hydrogen-bond acceptors (Lipinski definition) is 11. The summed E-state index contributed by atoms with van der Waals surface area (Å²) in [5.41, 5.74) is 0. The number of fused-ring (bicyclic) bond motifs is 20. The Labute approximate surface area is 274 Å². The number of nitriles is 1. The molecule has 4 aliphatic carbocycles. The maximum absolute atomic E-state index is 13.5. The highest BCUT2D eigenvalue weighted by molar-refractivity contribution is 7.90. The van der Waals surface area contributed by atoms with Gasteiger partial charge in [0.15, 0.2) is 6.19 Å². The molecule has 5 heterocycles. The van der Waals surface area contributed by atoms with Crippen molar-refractivity contribution in [2.24, 2.45) is 47.3 Å². The molecule has 0 spiro atoms. The van der Waals surface area contributed by atoms with E-state index in [-0.39, 0.29) is 55.0 Å². The van der Waals surface area contributed by atoms with Crippen LogP contribution in [0.5, 0.6) is 0 Å². The minimum absolute atomic E-state index is 0.00325. The Balaban J connectivity index is 1.08. The third kappa shape index (κ3) is 5.24. The first-order valence-electron chi connectivity index (χ1n) is 19.0. The largest absolute Gasteiger partial charge is 0.286 e. The summed E-state index contributed by atoms with van der Waals surface area (Å²) in [6.07, 6.45) is 20.6. The molecule has 0 radical (unpaired) electrons. The first-order chi connectivity index (χ1) is 22.5. The number of nitrogens with one attached hydrogen (secondary N) is 9. The number of sulfonamides is 1. The van der Waals surface area contributed by atoms with Crippen molar-refractivity contribution in [1.82, 2.24) is 47.3 Å². The number of hydrogen-bond donors (Lipinski definition) is 9. The molecule has 5 saturated heterocycles. The van der Waals surface area contributed by atoms with Crippen molar-refractivity contribution < 1.29 is 8.42 Å². The molecule has 8 bridgehead atoms. The van der Waals surface area contributed by atoms with Gasteiger partial charge in [-0.2, -0.15) is 5.26 Å². The molecular weight excluding hydrogens is 600 g/mol. The number of nitrogens with zero attached hydrogens (tertiary/aromatic N) is 1. The van der Waals surface area contributed by atoms with Gasteiger partial charge in [-0.25, -0.2) is 13.1 Å². The molecule has 9 fully saturated rings. The van der Waals surface area contributed by atoms with Crippen LogP contribution in [-0.2, 0) is 10.0 Å². The zero-order valence-electron chi connectivity index (χ0n) is 27.1. The molecule has 17 atom stereocenters. The zero-order valence-corrected chi connectivity index (χ0v) is 27.9. The Morgan fingerprint density at radius 1 is 0.435 bits per heavy atom. The molecule has 0 aromatic heterocycles. The lowest BCUT2D eigenvalue weighted by molar-refractivity contribution is 0.168. The standard InChI is InChI=1S/C33H56N10O2S/c34-16-35-46(44,45)24-15-7-14-23-25(24)33-42-31-22-13-6-5-12-21(22)29(40-31)38-27-18-9-2-1-8-17(18)26(36-27)37-28-19-10-3-4-11-20(19)30(39-28)41-32(23)43-33/h17-33,35-43H,1-15H2. The fourth-order valence-electron chi connectivity index (χ4n) is 12.5. The molecular formula is C33H56N10O2S. The predicted octanol–water partition coefficient (Wildman–Crippen LogP) is 0.985. The SMILES string of the molecule is N#CNS(=O)(=O)C1CCCC2C3NC4NC(NC5NC(NC6NC(NC(N3)C21)C1CCCCC61)C1CCCCC51)C1CCCCC41. The first-order valence-corrected chi connectivity index (χ1v) is 20.5. The fourth-order valence-corrected chi connectivity index (χ4v) is 14.0. The average molecular weight is 657 g/mol. The van der Waals surface area contributed by atoms with E-state index in [4.69, 9.17) is 0 Å². The molecule has 5 aliphatic heterocycles. The lowest BCUT2D eigenvalue weighted by Gasteiger charge is -2.38. The average Bonchev–Trinajstić information content (AvgIpc) is 3.80. The maximum Gasteiger partial charge on any atom is 0.244 e. The summed E-state index contributed by atoms with van der Waals surface area (Å²) in [6.45, 7) is 0. The molecule has 9 aliphatic rings. The van der Waals surface area contributed by atoms with Gasteiger partial charge >= 0.3 is 0 Å². The van der Waals surface area contributed by atoms with Crippen molar-refractivity contribution in [1.29, 1.82) is 5.26 Å². The van der Waals surface area contributed by atoms with Crippen LogP contribution in [0.3, 0.4) is 0 Å². The van der Waals surface area contributed by atoms with Crippen LogP contribution in [-0.4, -0.2) is 63.0 Å². The van der Waals surface area contributed by atoms with Crippen molar-refractivity contribution in [2.45, 2.75) is 151 Å². The molecule has 0 aromatic carbocycles. The van der Waals surface area contributed by atoms with Crippen molar-refractivity contribution in [3.05, 3.63) is 0 Å². The van der Waals surface area contributed by atoms with Crippen molar-refractivity contribution in [3.8, 4) is 6.19 Å². The molecule has 0 amide bonds. The Kier molecular flexibility index (Phi) is 8.31. The van der Waals surface area contributed by atoms with Gasteiger partial charge in [0.2, 0.25) is 10.0 Å². The predicted molar refractivity (Wildman–Crippen MR) is 174 cm³/mol. The van der Waals surface area contributed by atoms with Gasteiger partial charge in [0, 0.05) is 5.92 Å².